The average molecular weight is 467 g/mol. The highest BCUT2D eigenvalue weighted by atomic mass is 35.5. The summed E-state index contributed by atoms with van der Waals surface area (Å²) < 4.78 is 54.8. The summed E-state index contributed by atoms with van der Waals surface area (Å²) >= 11 is 6.05. The van der Waals surface area contributed by atoms with E-state index in [1.165, 1.54) is 17.0 Å². The number of rotatable bonds is 4. The van der Waals surface area contributed by atoms with Crippen LogP contribution in [0.1, 0.15) is 5.69 Å². The maximum absolute atomic E-state index is 13.7. The van der Waals surface area contributed by atoms with Crippen LogP contribution in [0, 0.1) is 5.82 Å². The van der Waals surface area contributed by atoms with Gasteiger partial charge in [-0.25, -0.2) is 9.07 Å². The minimum absolute atomic E-state index is 0.0199. The lowest BCUT2D eigenvalue weighted by Gasteiger charge is -2.36. The van der Waals surface area contributed by atoms with Gasteiger partial charge in [-0.05, 0) is 24.3 Å². The van der Waals surface area contributed by atoms with E-state index in [2.05, 4.69) is 5.10 Å². The zero-order chi connectivity index (χ0) is 22.9. The number of piperazine rings is 1. The predicted octanol–water partition coefficient (Wildman–Crippen LogP) is 4.71. The molecule has 1 aliphatic heterocycles. The van der Waals surface area contributed by atoms with Gasteiger partial charge in [0.2, 0.25) is 5.91 Å². The third-order valence-corrected chi connectivity index (χ3v) is 5.68. The fraction of sp³-hybridized carbons (Fsp3) is 0.273. The highest BCUT2D eigenvalue weighted by Crippen LogP contribution is 2.39. The maximum Gasteiger partial charge on any atom is 0.434 e. The SMILES string of the molecule is O=C(Cn1nc(-c2ccccc2)c(Cl)c1C(F)(F)F)N1CCN(c2ccc(F)cc2)CC1. The van der Waals surface area contributed by atoms with E-state index in [-0.39, 0.29) is 11.5 Å². The van der Waals surface area contributed by atoms with E-state index < -0.39 is 29.3 Å². The Labute approximate surface area is 186 Å². The lowest BCUT2D eigenvalue weighted by molar-refractivity contribution is -0.145. The third kappa shape index (κ3) is 4.57. The molecule has 1 aromatic heterocycles. The minimum Gasteiger partial charge on any atom is -0.368 e. The topological polar surface area (TPSA) is 41.4 Å². The van der Waals surface area contributed by atoms with Gasteiger partial charge in [0, 0.05) is 37.4 Å². The number of carbonyl (C=O) groups excluding carboxylic acids is 1. The van der Waals surface area contributed by atoms with Crippen LogP contribution in [-0.2, 0) is 17.5 Å². The number of aromatic nitrogens is 2. The first-order chi connectivity index (χ1) is 15.2. The third-order valence-electron chi connectivity index (χ3n) is 5.32. The van der Waals surface area contributed by atoms with Crippen LogP contribution in [0.3, 0.4) is 0 Å². The monoisotopic (exact) mass is 466 g/mol. The van der Waals surface area contributed by atoms with Crippen LogP contribution >= 0.6 is 11.6 Å². The number of nitrogens with zero attached hydrogens (tertiary/aromatic N) is 4. The van der Waals surface area contributed by atoms with Gasteiger partial charge in [-0.3, -0.25) is 4.79 Å². The summed E-state index contributed by atoms with van der Waals surface area (Å²) in [7, 11) is 0. The average Bonchev–Trinajstić information content (AvgIpc) is 3.11. The van der Waals surface area contributed by atoms with Crippen molar-refractivity contribution in [3.8, 4) is 11.3 Å². The first kappa shape index (κ1) is 22.1. The first-order valence-electron chi connectivity index (χ1n) is 9.91. The van der Waals surface area contributed by atoms with Crippen LogP contribution in [0.2, 0.25) is 5.02 Å². The number of carbonyl (C=O) groups is 1. The number of alkyl halides is 3. The second-order valence-electron chi connectivity index (χ2n) is 7.38. The minimum atomic E-state index is -4.77. The Kier molecular flexibility index (Phi) is 6.10. The fourth-order valence-electron chi connectivity index (χ4n) is 3.70. The highest BCUT2D eigenvalue weighted by molar-refractivity contribution is 6.33. The molecule has 1 fully saturated rings. The van der Waals surface area contributed by atoms with Crippen molar-refractivity contribution in [3.63, 3.8) is 0 Å². The molecule has 0 atom stereocenters. The summed E-state index contributed by atoms with van der Waals surface area (Å²) in [4.78, 5) is 16.3. The van der Waals surface area contributed by atoms with Gasteiger partial charge in [-0.2, -0.15) is 18.3 Å². The highest BCUT2D eigenvalue weighted by Gasteiger charge is 2.40. The molecule has 0 unspecified atom stereocenters. The van der Waals surface area contributed by atoms with Crippen molar-refractivity contribution in [3.05, 3.63) is 71.1 Å². The molecule has 2 heterocycles. The summed E-state index contributed by atoms with van der Waals surface area (Å²) in [6.07, 6.45) is -4.77. The van der Waals surface area contributed by atoms with Gasteiger partial charge in [0.05, 0.1) is 5.02 Å². The summed E-state index contributed by atoms with van der Waals surface area (Å²) in [6, 6.07) is 14.3. The van der Waals surface area contributed by atoms with Gasteiger partial charge in [0.25, 0.3) is 0 Å². The summed E-state index contributed by atoms with van der Waals surface area (Å²) in [5, 5.41) is 3.49. The first-order valence-corrected chi connectivity index (χ1v) is 10.3. The van der Waals surface area contributed by atoms with E-state index in [0.29, 0.717) is 36.4 Å². The van der Waals surface area contributed by atoms with Gasteiger partial charge in [0.1, 0.15) is 18.1 Å². The Morgan fingerprint density at radius 3 is 2.19 bits per heavy atom. The van der Waals surface area contributed by atoms with Crippen LogP contribution in [0.15, 0.2) is 54.6 Å². The number of amides is 1. The fourth-order valence-corrected chi connectivity index (χ4v) is 4.05. The smallest absolute Gasteiger partial charge is 0.368 e. The normalized spacial score (nSPS) is 14.7. The van der Waals surface area contributed by atoms with Crippen molar-refractivity contribution in [2.45, 2.75) is 12.7 Å². The molecule has 10 heteroatoms. The lowest BCUT2D eigenvalue weighted by Crippen LogP contribution is -2.49. The van der Waals surface area contributed by atoms with Crippen molar-refractivity contribution >= 4 is 23.2 Å². The van der Waals surface area contributed by atoms with Gasteiger partial charge in [-0.15, -0.1) is 0 Å². The van der Waals surface area contributed by atoms with Crippen molar-refractivity contribution in [2.75, 3.05) is 31.1 Å². The van der Waals surface area contributed by atoms with Gasteiger partial charge in [-0.1, -0.05) is 41.9 Å². The molecular weight excluding hydrogens is 448 g/mol. The van der Waals surface area contributed by atoms with Crippen LogP contribution in [-0.4, -0.2) is 46.8 Å². The van der Waals surface area contributed by atoms with Crippen LogP contribution < -0.4 is 4.90 Å². The Balaban J connectivity index is 1.50. The molecule has 1 aliphatic rings. The van der Waals surface area contributed by atoms with E-state index in [1.54, 1.807) is 42.5 Å². The Morgan fingerprint density at radius 1 is 0.969 bits per heavy atom. The molecule has 0 spiro atoms. The van der Waals surface area contributed by atoms with Crippen LogP contribution in [0.5, 0.6) is 0 Å². The molecule has 1 saturated heterocycles. The van der Waals surface area contributed by atoms with E-state index in [9.17, 15) is 22.4 Å². The number of hydrogen-bond donors (Lipinski definition) is 0. The summed E-state index contributed by atoms with van der Waals surface area (Å²) in [6.45, 7) is 1.06. The molecule has 0 saturated carbocycles. The van der Waals surface area contributed by atoms with E-state index in [1.807, 2.05) is 4.90 Å². The molecule has 0 radical (unpaired) electrons. The van der Waals surface area contributed by atoms with Gasteiger partial charge < -0.3 is 9.80 Å². The number of benzene rings is 2. The van der Waals surface area contributed by atoms with E-state index in [4.69, 9.17) is 11.6 Å². The molecule has 168 valence electrons. The van der Waals surface area contributed by atoms with Crippen LogP contribution in [0.4, 0.5) is 23.2 Å². The number of hydrogen-bond acceptors (Lipinski definition) is 3. The molecule has 1 amide bonds. The second-order valence-corrected chi connectivity index (χ2v) is 7.75. The van der Waals surface area contributed by atoms with Crippen molar-refractivity contribution in [1.29, 1.82) is 0 Å². The molecule has 0 N–H and O–H groups in total. The lowest BCUT2D eigenvalue weighted by atomic mass is 10.1. The Bertz CT molecular complexity index is 1090. The molecule has 4 rings (SSSR count). The molecule has 0 bridgehead atoms. The maximum atomic E-state index is 13.7. The zero-order valence-corrected chi connectivity index (χ0v) is 17.6. The molecule has 0 aliphatic carbocycles. The largest absolute Gasteiger partial charge is 0.434 e. The molecule has 32 heavy (non-hydrogen) atoms. The van der Waals surface area contributed by atoms with Gasteiger partial charge in [0.15, 0.2) is 5.69 Å². The summed E-state index contributed by atoms with van der Waals surface area (Å²) in [5.41, 5.74) is 0.0937. The van der Waals surface area contributed by atoms with E-state index >= 15 is 0 Å². The van der Waals surface area contributed by atoms with Gasteiger partial charge >= 0.3 is 6.18 Å². The standard InChI is InChI=1S/C22H19ClF4N4O/c23-19-20(15-4-2-1-3-5-15)28-31(21(19)22(25,26)27)14-18(32)30-12-10-29(11-13-30)17-8-6-16(24)7-9-17/h1-9H,10-14H2. The van der Waals surface area contributed by atoms with E-state index in [0.717, 1.165) is 5.69 Å². The van der Waals surface area contributed by atoms with Crippen molar-refractivity contribution < 1.29 is 22.4 Å². The van der Waals surface area contributed by atoms with Crippen molar-refractivity contribution in [2.24, 2.45) is 0 Å². The van der Waals surface area contributed by atoms with Crippen molar-refractivity contribution in [1.82, 2.24) is 14.7 Å². The van der Waals surface area contributed by atoms with Crippen LogP contribution in [0.25, 0.3) is 11.3 Å². The Hall–Kier alpha value is -3.07. The quantitative estimate of drug-likeness (QED) is 0.523. The number of halogens is 5. The molecular formula is C22H19ClF4N4O. The number of anilines is 1. The molecule has 5 nitrogen and oxygen atoms in total. The molecule has 3 aromatic rings. The molecule has 2 aromatic carbocycles. The summed E-state index contributed by atoms with van der Waals surface area (Å²) in [5.74, 6) is -0.816. The predicted molar refractivity (Wildman–Crippen MR) is 113 cm³/mol. The zero-order valence-electron chi connectivity index (χ0n) is 16.8. The second kappa shape index (κ2) is 8.82. The Morgan fingerprint density at radius 2 is 1.59 bits per heavy atom.